The predicted octanol–water partition coefficient (Wildman–Crippen LogP) is 1.28. The summed E-state index contributed by atoms with van der Waals surface area (Å²) in [4.78, 5) is 20.1. The number of hydrogen-bond donors (Lipinski definition) is 2. The van der Waals surface area contributed by atoms with Crippen LogP contribution in [-0.4, -0.2) is 31.3 Å². The van der Waals surface area contributed by atoms with E-state index in [1.165, 1.54) is 11.8 Å². The van der Waals surface area contributed by atoms with Crippen LogP contribution < -0.4 is 11.0 Å². The molecule has 2 heterocycles. The highest BCUT2D eigenvalue weighted by Gasteiger charge is 2.28. The number of hydrogen-bond acceptors (Lipinski definition) is 6. The second-order valence-corrected chi connectivity index (χ2v) is 5.25. The molecule has 100 valence electrons. The predicted molar refractivity (Wildman–Crippen MR) is 71.4 cm³/mol. The summed E-state index contributed by atoms with van der Waals surface area (Å²) in [6, 6.07) is 2.10. The zero-order valence-electron chi connectivity index (χ0n) is 10.5. The molecule has 2 N–H and O–H groups in total. The second kappa shape index (κ2) is 5.04. The average molecular weight is 278 g/mol. The van der Waals surface area contributed by atoms with E-state index in [9.17, 15) is 4.79 Å². The highest BCUT2D eigenvalue weighted by atomic mass is 32.2. The first-order chi connectivity index (χ1) is 9.28. The van der Waals surface area contributed by atoms with Crippen LogP contribution in [0.2, 0.25) is 0 Å². The van der Waals surface area contributed by atoms with Crippen molar-refractivity contribution in [3.8, 4) is 0 Å². The monoisotopic (exact) mass is 278 g/mol. The molecule has 7 nitrogen and oxygen atoms in total. The maximum Gasteiger partial charge on any atom is 0.344 e. The lowest BCUT2D eigenvalue weighted by Gasteiger charge is -2.04. The van der Waals surface area contributed by atoms with Gasteiger partial charge in [-0.2, -0.15) is 0 Å². The first-order valence-electron chi connectivity index (χ1n) is 6.19. The smallest absolute Gasteiger partial charge is 0.344 e. The molecule has 0 radical (unpaired) electrons. The summed E-state index contributed by atoms with van der Waals surface area (Å²) in [6.07, 6.45) is 3.78. The molecule has 0 amide bonds. The van der Waals surface area contributed by atoms with Gasteiger partial charge in [0.05, 0.1) is 0 Å². The molecular weight excluding hydrogens is 264 g/mol. The fraction of sp³-hybridized carbons (Fsp3) is 0.455. The van der Waals surface area contributed by atoms with Crippen LogP contribution in [0.25, 0.3) is 0 Å². The van der Waals surface area contributed by atoms with Gasteiger partial charge in [-0.1, -0.05) is 0 Å². The SMILES string of the molecule is CCNc1nccc(Sc2n[nH]c(=O)n2C2CC2)n1. The Morgan fingerprint density at radius 3 is 3.16 bits per heavy atom. The highest BCUT2D eigenvalue weighted by molar-refractivity contribution is 7.99. The van der Waals surface area contributed by atoms with Crippen LogP contribution in [0, 0.1) is 0 Å². The maximum atomic E-state index is 11.7. The lowest BCUT2D eigenvalue weighted by Crippen LogP contribution is -2.16. The molecule has 0 unspecified atom stereocenters. The fourth-order valence-corrected chi connectivity index (χ4v) is 2.62. The number of nitrogens with one attached hydrogen (secondary N) is 2. The average Bonchev–Trinajstić information content (AvgIpc) is 3.16. The molecule has 0 aliphatic heterocycles. The molecule has 19 heavy (non-hydrogen) atoms. The van der Waals surface area contributed by atoms with Crippen LogP contribution in [0.5, 0.6) is 0 Å². The maximum absolute atomic E-state index is 11.7. The molecule has 1 fully saturated rings. The molecule has 3 rings (SSSR count). The number of aromatic nitrogens is 5. The van der Waals surface area contributed by atoms with Gasteiger partial charge in [0.1, 0.15) is 5.03 Å². The van der Waals surface area contributed by atoms with Crippen LogP contribution in [0.15, 0.2) is 27.2 Å². The third-order valence-electron chi connectivity index (χ3n) is 2.74. The van der Waals surface area contributed by atoms with E-state index in [0.29, 0.717) is 17.1 Å². The molecule has 8 heteroatoms. The number of H-pyrrole nitrogens is 1. The van der Waals surface area contributed by atoms with Crippen molar-refractivity contribution in [2.75, 3.05) is 11.9 Å². The first-order valence-corrected chi connectivity index (χ1v) is 7.01. The summed E-state index contributed by atoms with van der Waals surface area (Å²) < 4.78 is 1.71. The Kier molecular flexibility index (Phi) is 3.24. The van der Waals surface area contributed by atoms with Crippen LogP contribution in [0.4, 0.5) is 5.95 Å². The molecule has 0 saturated heterocycles. The Balaban J connectivity index is 1.85. The van der Waals surface area contributed by atoms with E-state index in [1.807, 2.05) is 13.0 Å². The highest BCUT2D eigenvalue weighted by Crippen LogP contribution is 2.37. The van der Waals surface area contributed by atoms with Crippen LogP contribution >= 0.6 is 11.8 Å². The van der Waals surface area contributed by atoms with Crippen molar-refractivity contribution in [3.05, 3.63) is 22.7 Å². The molecule has 2 aromatic heterocycles. The van der Waals surface area contributed by atoms with Crippen molar-refractivity contribution in [1.29, 1.82) is 0 Å². The van der Waals surface area contributed by atoms with Gasteiger partial charge in [-0.05, 0) is 37.6 Å². The minimum Gasteiger partial charge on any atom is -0.354 e. The quantitative estimate of drug-likeness (QED) is 0.801. The van der Waals surface area contributed by atoms with E-state index in [-0.39, 0.29) is 5.69 Å². The molecule has 2 aromatic rings. The van der Waals surface area contributed by atoms with Crippen molar-refractivity contribution in [1.82, 2.24) is 24.7 Å². The number of rotatable bonds is 5. The first kappa shape index (κ1) is 12.2. The van der Waals surface area contributed by atoms with Gasteiger partial charge in [-0.25, -0.2) is 19.9 Å². The molecule has 1 aliphatic rings. The van der Waals surface area contributed by atoms with Gasteiger partial charge >= 0.3 is 5.69 Å². The molecular formula is C11H14N6OS. The molecule has 0 atom stereocenters. The van der Waals surface area contributed by atoms with Gasteiger partial charge in [0.2, 0.25) is 5.95 Å². The molecule has 1 aliphatic carbocycles. The Morgan fingerprint density at radius 2 is 2.42 bits per heavy atom. The molecule has 1 saturated carbocycles. The normalized spacial score (nSPS) is 14.6. The second-order valence-electron chi connectivity index (χ2n) is 4.26. The minimum absolute atomic E-state index is 0.147. The van der Waals surface area contributed by atoms with E-state index in [1.54, 1.807) is 10.8 Å². The Hall–Kier alpha value is -1.83. The largest absolute Gasteiger partial charge is 0.354 e. The molecule has 0 aromatic carbocycles. The van der Waals surface area contributed by atoms with Gasteiger partial charge in [-0.3, -0.25) is 4.57 Å². The third-order valence-corrected chi connectivity index (χ3v) is 3.65. The van der Waals surface area contributed by atoms with Crippen molar-refractivity contribution in [3.63, 3.8) is 0 Å². The summed E-state index contributed by atoms with van der Waals surface area (Å²) in [5, 5.41) is 11.0. The summed E-state index contributed by atoms with van der Waals surface area (Å²) in [5.74, 6) is 0.586. The van der Waals surface area contributed by atoms with Crippen LogP contribution in [0.1, 0.15) is 25.8 Å². The van der Waals surface area contributed by atoms with E-state index in [2.05, 4.69) is 25.5 Å². The summed E-state index contributed by atoms with van der Waals surface area (Å²) in [6.45, 7) is 2.75. The topological polar surface area (TPSA) is 88.5 Å². The Morgan fingerprint density at radius 1 is 1.58 bits per heavy atom. The van der Waals surface area contributed by atoms with E-state index >= 15 is 0 Å². The van der Waals surface area contributed by atoms with Crippen molar-refractivity contribution in [2.24, 2.45) is 0 Å². The molecule has 0 bridgehead atoms. The van der Waals surface area contributed by atoms with Gasteiger partial charge in [0.15, 0.2) is 5.16 Å². The van der Waals surface area contributed by atoms with Crippen LogP contribution in [0.3, 0.4) is 0 Å². The summed E-state index contributed by atoms with van der Waals surface area (Å²) in [5.41, 5.74) is -0.147. The lowest BCUT2D eigenvalue weighted by atomic mass is 10.6. The van der Waals surface area contributed by atoms with Gasteiger partial charge in [-0.15, -0.1) is 5.10 Å². The van der Waals surface area contributed by atoms with E-state index in [0.717, 1.165) is 24.4 Å². The van der Waals surface area contributed by atoms with Gasteiger partial charge in [0, 0.05) is 18.8 Å². The Bertz CT molecular complexity index is 632. The zero-order valence-corrected chi connectivity index (χ0v) is 11.3. The zero-order chi connectivity index (χ0) is 13.2. The third kappa shape index (κ3) is 2.62. The van der Waals surface area contributed by atoms with Crippen LogP contribution in [-0.2, 0) is 0 Å². The summed E-state index contributed by atoms with van der Waals surface area (Å²) in [7, 11) is 0. The van der Waals surface area contributed by atoms with Gasteiger partial charge in [0.25, 0.3) is 0 Å². The van der Waals surface area contributed by atoms with Crippen molar-refractivity contribution in [2.45, 2.75) is 36.0 Å². The van der Waals surface area contributed by atoms with E-state index < -0.39 is 0 Å². The standard InChI is InChI=1S/C11H14N6OS/c1-2-12-9-13-6-5-8(14-9)19-11-16-15-10(18)17(11)7-3-4-7/h5-7H,2-4H2,1H3,(H,15,18)(H,12,13,14). The van der Waals surface area contributed by atoms with E-state index in [4.69, 9.17) is 0 Å². The fourth-order valence-electron chi connectivity index (χ4n) is 1.75. The Labute approximate surface area is 113 Å². The lowest BCUT2D eigenvalue weighted by molar-refractivity contribution is 0.642. The van der Waals surface area contributed by atoms with Crippen molar-refractivity contribution < 1.29 is 0 Å². The minimum atomic E-state index is -0.147. The van der Waals surface area contributed by atoms with Gasteiger partial charge < -0.3 is 5.32 Å². The number of anilines is 1. The number of nitrogens with zero attached hydrogens (tertiary/aromatic N) is 4. The molecule has 0 spiro atoms. The van der Waals surface area contributed by atoms with Crippen molar-refractivity contribution >= 4 is 17.7 Å². The number of aromatic amines is 1. The summed E-state index contributed by atoms with van der Waals surface area (Å²) >= 11 is 1.37.